The van der Waals surface area contributed by atoms with Gasteiger partial charge in [-0.2, -0.15) is 0 Å². The molecule has 0 saturated heterocycles. The van der Waals surface area contributed by atoms with Gasteiger partial charge in [0.2, 0.25) is 0 Å². The van der Waals surface area contributed by atoms with Gasteiger partial charge in [0.15, 0.2) is 6.10 Å². The molecule has 0 N–H and O–H groups in total. The van der Waals surface area contributed by atoms with Crippen molar-refractivity contribution in [2.75, 3.05) is 14.1 Å². The quantitative estimate of drug-likeness (QED) is 0.568. The van der Waals surface area contributed by atoms with Crippen LogP contribution in [0.2, 0.25) is 5.02 Å². The molecule has 1 unspecified atom stereocenters. The molecule has 0 amide bonds. The van der Waals surface area contributed by atoms with Gasteiger partial charge in [0.25, 0.3) is 0 Å². The predicted molar refractivity (Wildman–Crippen MR) is 104 cm³/mol. The molecular weight excluding hydrogens is 334 g/mol. The number of hydrogen-bond donors (Lipinski definition) is 0. The Balaban J connectivity index is 1.84. The minimum absolute atomic E-state index is 0.130. The molecule has 0 bridgehead atoms. The number of benzene rings is 2. The molecule has 2 aromatic carbocycles. The lowest BCUT2D eigenvalue weighted by molar-refractivity contribution is 0.0858. The number of oxime groups is 1. The normalized spacial score (nSPS) is 16.8. The van der Waals surface area contributed by atoms with E-state index in [9.17, 15) is 0 Å². The highest BCUT2D eigenvalue weighted by Crippen LogP contribution is 2.35. The molecule has 1 aliphatic rings. The summed E-state index contributed by atoms with van der Waals surface area (Å²) in [6, 6.07) is 12.0. The Morgan fingerprint density at radius 3 is 2.68 bits per heavy atom. The molecule has 0 fully saturated rings. The molecule has 3 rings (SSSR count). The lowest BCUT2D eigenvalue weighted by Crippen LogP contribution is -2.07. The van der Waals surface area contributed by atoms with E-state index in [4.69, 9.17) is 16.4 Å². The van der Waals surface area contributed by atoms with Crippen molar-refractivity contribution >= 4 is 29.3 Å². The molecule has 0 spiro atoms. The van der Waals surface area contributed by atoms with E-state index in [1.165, 1.54) is 0 Å². The van der Waals surface area contributed by atoms with E-state index in [-0.39, 0.29) is 6.10 Å². The SMILES string of the molecule is Cc1cc(C2=NOC(c3ccccc3Cl)C2)c(C)cc1N=CN(C)C. The van der Waals surface area contributed by atoms with Crippen molar-refractivity contribution < 1.29 is 4.84 Å². The molecule has 25 heavy (non-hydrogen) atoms. The van der Waals surface area contributed by atoms with Crippen LogP contribution in [0.15, 0.2) is 46.5 Å². The fraction of sp³-hybridized carbons (Fsp3) is 0.300. The summed E-state index contributed by atoms with van der Waals surface area (Å²) in [5.74, 6) is 0. The maximum atomic E-state index is 6.28. The van der Waals surface area contributed by atoms with Gasteiger partial charge >= 0.3 is 0 Å². The summed E-state index contributed by atoms with van der Waals surface area (Å²) in [5, 5.41) is 5.04. The molecule has 1 aliphatic heterocycles. The zero-order valence-corrected chi connectivity index (χ0v) is 15.7. The Morgan fingerprint density at radius 2 is 1.96 bits per heavy atom. The fourth-order valence-corrected chi connectivity index (χ4v) is 3.13. The van der Waals surface area contributed by atoms with E-state index in [0.717, 1.165) is 33.7 Å². The van der Waals surface area contributed by atoms with Crippen molar-refractivity contribution in [3.05, 3.63) is 63.7 Å². The zero-order chi connectivity index (χ0) is 18.0. The van der Waals surface area contributed by atoms with Gasteiger partial charge in [-0.15, -0.1) is 0 Å². The van der Waals surface area contributed by atoms with Crippen LogP contribution in [0.4, 0.5) is 5.69 Å². The Morgan fingerprint density at radius 1 is 1.20 bits per heavy atom. The van der Waals surface area contributed by atoms with Gasteiger partial charge < -0.3 is 9.74 Å². The molecule has 0 aliphatic carbocycles. The lowest BCUT2D eigenvalue weighted by atomic mass is 9.95. The van der Waals surface area contributed by atoms with Gasteiger partial charge in [-0.3, -0.25) is 0 Å². The van der Waals surface area contributed by atoms with Crippen LogP contribution in [0.25, 0.3) is 0 Å². The van der Waals surface area contributed by atoms with Crippen molar-refractivity contribution in [2.24, 2.45) is 10.1 Å². The summed E-state index contributed by atoms with van der Waals surface area (Å²) in [4.78, 5) is 12.1. The van der Waals surface area contributed by atoms with Crippen molar-refractivity contribution in [1.29, 1.82) is 0 Å². The second-order valence-electron chi connectivity index (χ2n) is 6.52. The standard InChI is InChI=1S/C20H22ClN3O/c1-13-10-18(22-12-24(3)4)14(2)9-16(13)19-11-20(25-23-19)15-7-5-6-8-17(15)21/h5-10,12,20H,11H2,1-4H3. The monoisotopic (exact) mass is 355 g/mol. The number of nitrogens with zero attached hydrogens (tertiary/aromatic N) is 3. The van der Waals surface area contributed by atoms with Crippen LogP contribution in [-0.2, 0) is 4.84 Å². The summed E-state index contributed by atoms with van der Waals surface area (Å²) in [7, 11) is 3.92. The second kappa shape index (κ2) is 7.28. The number of rotatable bonds is 4. The van der Waals surface area contributed by atoms with Crippen LogP contribution in [0.1, 0.15) is 34.8 Å². The Kier molecular flexibility index (Phi) is 5.09. The predicted octanol–water partition coefficient (Wildman–Crippen LogP) is 5.04. The van der Waals surface area contributed by atoms with Gasteiger partial charge in [0.05, 0.1) is 17.7 Å². The maximum Gasteiger partial charge on any atom is 0.159 e. The number of aryl methyl sites for hydroxylation is 2. The third-order valence-electron chi connectivity index (χ3n) is 4.20. The zero-order valence-electron chi connectivity index (χ0n) is 15.0. The summed E-state index contributed by atoms with van der Waals surface area (Å²) < 4.78 is 0. The van der Waals surface area contributed by atoms with Crippen LogP contribution in [0, 0.1) is 13.8 Å². The maximum absolute atomic E-state index is 6.28. The third kappa shape index (κ3) is 3.85. The Labute approximate surface area is 153 Å². The van der Waals surface area contributed by atoms with Gasteiger partial charge in [-0.05, 0) is 43.2 Å². The molecule has 4 nitrogen and oxygen atoms in total. The van der Waals surface area contributed by atoms with Crippen molar-refractivity contribution in [2.45, 2.75) is 26.4 Å². The molecule has 0 radical (unpaired) electrons. The molecule has 2 aromatic rings. The molecule has 1 atom stereocenters. The summed E-state index contributed by atoms with van der Waals surface area (Å²) >= 11 is 6.28. The van der Waals surface area contributed by atoms with Crippen molar-refractivity contribution in [3.63, 3.8) is 0 Å². The van der Waals surface area contributed by atoms with Crippen LogP contribution >= 0.6 is 11.6 Å². The summed E-state index contributed by atoms with van der Waals surface area (Å²) in [6.07, 6.45) is 2.39. The van der Waals surface area contributed by atoms with E-state index in [1.807, 2.05) is 49.6 Å². The van der Waals surface area contributed by atoms with Crippen LogP contribution in [0.5, 0.6) is 0 Å². The molecule has 0 saturated carbocycles. The summed E-state index contributed by atoms with van der Waals surface area (Å²) in [5.41, 5.74) is 6.26. The Bertz CT molecular complexity index is 843. The number of hydrogen-bond acceptors (Lipinski definition) is 3. The average molecular weight is 356 g/mol. The molecule has 130 valence electrons. The van der Waals surface area contributed by atoms with Gasteiger partial charge in [0.1, 0.15) is 0 Å². The van der Waals surface area contributed by atoms with Crippen LogP contribution < -0.4 is 0 Å². The summed E-state index contributed by atoms with van der Waals surface area (Å²) in [6.45, 7) is 4.14. The van der Waals surface area contributed by atoms with Crippen LogP contribution in [0.3, 0.4) is 0 Å². The van der Waals surface area contributed by atoms with Crippen molar-refractivity contribution in [3.8, 4) is 0 Å². The first-order chi connectivity index (χ1) is 12.0. The third-order valence-corrected chi connectivity index (χ3v) is 4.55. The number of halogens is 1. The largest absolute Gasteiger partial charge is 0.387 e. The van der Waals surface area contributed by atoms with E-state index >= 15 is 0 Å². The molecule has 0 aromatic heterocycles. The highest BCUT2D eigenvalue weighted by molar-refractivity contribution is 6.31. The van der Waals surface area contributed by atoms with Crippen molar-refractivity contribution in [1.82, 2.24) is 4.90 Å². The highest BCUT2D eigenvalue weighted by atomic mass is 35.5. The lowest BCUT2D eigenvalue weighted by Gasteiger charge is -2.11. The van der Waals surface area contributed by atoms with E-state index in [1.54, 1.807) is 0 Å². The first kappa shape index (κ1) is 17.5. The van der Waals surface area contributed by atoms with Gasteiger partial charge in [0, 0.05) is 36.7 Å². The minimum Gasteiger partial charge on any atom is -0.387 e. The first-order valence-electron chi connectivity index (χ1n) is 8.25. The van der Waals surface area contributed by atoms with Gasteiger partial charge in [-0.25, -0.2) is 4.99 Å². The van der Waals surface area contributed by atoms with Gasteiger partial charge in [-0.1, -0.05) is 35.0 Å². The fourth-order valence-electron chi connectivity index (χ4n) is 2.87. The molecular formula is C20H22ClN3O. The highest BCUT2D eigenvalue weighted by Gasteiger charge is 2.26. The van der Waals surface area contributed by atoms with E-state index < -0.39 is 0 Å². The second-order valence-corrected chi connectivity index (χ2v) is 6.93. The Hall–Kier alpha value is -2.33. The molecule has 1 heterocycles. The van der Waals surface area contributed by atoms with E-state index in [0.29, 0.717) is 11.4 Å². The topological polar surface area (TPSA) is 37.2 Å². The minimum atomic E-state index is -0.130. The van der Waals surface area contributed by atoms with Crippen LogP contribution in [-0.4, -0.2) is 31.0 Å². The average Bonchev–Trinajstić information content (AvgIpc) is 3.05. The first-order valence-corrected chi connectivity index (χ1v) is 8.63. The smallest absolute Gasteiger partial charge is 0.159 e. The molecule has 5 heteroatoms. The van der Waals surface area contributed by atoms with E-state index in [2.05, 4.69) is 36.1 Å². The number of aliphatic imine (C=N–C) groups is 1.